The Hall–Kier alpha value is -1.23. The Kier molecular flexibility index (Phi) is 2.56. The minimum absolute atomic E-state index is 0.0463. The molecule has 1 aromatic heterocycles. The number of hydrogen-bond donors (Lipinski definition) is 0. The number of benzene rings is 1. The molecule has 0 atom stereocenters. The molecule has 0 bridgehead atoms. The maximum atomic E-state index is 13.4. The van der Waals surface area contributed by atoms with Crippen molar-refractivity contribution in [3.8, 4) is 11.5 Å². The zero-order valence-electron chi connectivity index (χ0n) is 7.72. The van der Waals surface area contributed by atoms with Crippen molar-refractivity contribution in [2.45, 2.75) is 6.92 Å². The van der Waals surface area contributed by atoms with Crippen molar-refractivity contribution in [3.05, 3.63) is 40.2 Å². The predicted molar refractivity (Wildman–Crippen MR) is 54.3 cm³/mol. The number of oxazole rings is 1. The van der Waals surface area contributed by atoms with Crippen molar-refractivity contribution in [1.82, 2.24) is 4.98 Å². The Balaban J connectivity index is 2.62. The summed E-state index contributed by atoms with van der Waals surface area (Å²) in [4.78, 5) is 3.78. The first-order valence-corrected chi connectivity index (χ1v) is 4.94. The largest absolute Gasteiger partial charge is 0.441 e. The quantitative estimate of drug-likeness (QED) is 0.792. The van der Waals surface area contributed by atoms with E-state index in [0.717, 1.165) is 12.1 Å². The highest BCUT2D eigenvalue weighted by Crippen LogP contribution is 2.28. The Morgan fingerprint density at radius 3 is 2.33 bits per heavy atom. The van der Waals surface area contributed by atoms with Crippen molar-refractivity contribution in [2.75, 3.05) is 0 Å². The maximum absolute atomic E-state index is 13.4. The Labute approximate surface area is 93.1 Å². The zero-order chi connectivity index (χ0) is 11.0. The molecule has 0 spiro atoms. The number of aromatic nitrogens is 1. The molecule has 2 rings (SSSR count). The fourth-order valence-corrected chi connectivity index (χ4v) is 1.62. The molecule has 0 fully saturated rings. The van der Waals surface area contributed by atoms with Crippen LogP contribution < -0.4 is 0 Å². The van der Waals surface area contributed by atoms with Gasteiger partial charge in [-0.15, -0.1) is 0 Å². The van der Waals surface area contributed by atoms with Crippen molar-refractivity contribution < 1.29 is 13.2 Å². The number of aryl methyl sites for hydroxylation is 1. The van der Waals surface area contributed by atoms with Gasteiger partial charge in [-0.2, -0.15) is 0 Å². The third-order valence-electron chi connectivity index (χ3n) is 1.84. The summed E-state index contributed by atoms with van der Waals surface area (Å²) in [6, 6.07) is 2.33. The summed E-state index contributed by atoms with van der Waals surface area (Å²) >= 11 is 2.99. The van der Waals surface area contributed by atoms with E-state index in [0.29, 0.717) is 10.2 Å². The van der Waals surface area contributed by atoms with E-state index in [9.17, 15) is 8.78 Å². The summed E-state index contributed by atoms with van der Waals surface area (Å²) in [6.45, 7) is 1.66. The van der Waals surface area contributed by atoms with E-state index in [2.05, 4.69) is 20.9 Å². The number of nitrogens with zero attached hydrogens (tertiary/aromatic N) is 1. The fraction of sp³-hybridized carbons (Fsp3) is 0.100. The standard InChI is InChI=1S/C10H6BrF2NO/c1-5-4-14-10(15-5)9-7(12)2-6(11)3-8(9)13/h2-4H,1H3. The van der Waals surface area contributed by atoms with E-state index >= 15 is 0 Å². The Morgan fingerprint density at radius 2 is 1.87 bits per heavy atom. The van der Waals surface area contributed by atoms with Gasteiger partial charge < -0.3 is 4.42 Å². The first-order chi connectivity index (χ1) is 7.08. The fourth-order valence-electron chi connectivity index (χ4n) is 1.22. The van der Waals surface area contributed by atoms with Gasteiger partial charge >= 0.3 is 0 Å². The van der Waals surface area contributed by atoms with Crippen LogP contribution in [0.2, 0.25) is 0 Å². The normalized spacial score (nSPS) is 10.7. The van der Waals surface area contributed by atoms with E-state index in [1.54, 1.807) is 6.92 Å². The Bertz CT molecular complexity index is 487. The molecule has 0 saturated heterocycles. The van der Waals surface area contributed by atoms with Gasteiger partial charge in [0.1, 0.15) is 23.0 Å². The number of halogens is 3. The van der Waals surface area contributed by atoms with Gasteiger partial charge in [-0.1, -0.05) is 15.9 Å². The van der Waals surface area contributed by atoms with Crippen molar-refractivity contribution in [2.24, 2.45) is 0 Å². The first-order valence-electron chi connectivity index (χ1n) is 4.15. The second-order valence-corrected chi connectivity index (χ2v) is 3.94. The molecule has 78 valence electrons. The number of rotatable bonds is 1. The molecule has 2 nitrogen and oxygen atoms in total. The van der Waals surface area contributed by atoms with Crippen molar-refractivity contribution in [1.29, 1.82) is 0 Å². The van der Waals surface area contributed by atoms with Crippen LogP contribution in [0.25, 0.3) is 11.5 Å². The van der Waals surface area contributed by atoms with Crippen LogP contribution >= 0.6 is 15.9 Å². The smallest absolute Gasteiger partial charge is 0.232 e. The van der Waals surface area contributed by atoms with Gasteiger partial charge in [0.15, 0.2) is 0 Å². The average molecular weight is 274 g/mol. The molecule has 0 amide bonds. The topological polar surface area (TPSA) is 26.0 Å². The van der Waals surface area contributed by atoms with Crippen LogP contribution in [0.3, 0.4) is 0 Å². The zero-order valence-corrected chi connectivity index (χ0v) is 9.31. The van der Waals surface area contributed by atoms with Crippen LogP contribution in [0.5, 0.6) is 0 Å². The molecule has 15 heavy (non-hydrogen) atoms. The third kappa shape index (κ3) is 1.92. The number of hydrogen-bond acceptors (Lipinski definition) is 2. The SMILES string of the molecule is Cc1cnc(-c2c(F)cc(Br)cc2F)o1. The summed E-state index contributed by atoms with van der Waals surface area (Å²) < 4.78 is 32.3. The van der Waals surface area contributed by atoms with E-state index in [4.69, 9.17) is 4.42 Å². The van der Waals surface area contributed by atoms with Gasteiger partial charge in [0.05, 0.1) is 6.20 Å². The highest BCUT2D eigenvalue weighted by molar-refractivity contribution is 9.10. The van der Waals surface area contributed by atoms with Crippen LogP contribution in [-0.4, -0.2) is 4.98 Å². The highest BCUT2D eigenvalue weighted by Gasteiger charge is 2.16. The average Bonchev–Trinajstić information content (AvgIpc) is 2.49. The monoisotopic (exact) mass is 273 g/mol. The molecular formula is C10H6BrF2NO. The Morgan fingerprint density at radius 1 is 1.27 bits per heavy atom. The summed E-state index contributed by atoms with van der Waals surface area (Å²) in [5, 5.41) is 0. The van der Waals surface area contributed by atoms with Gasteiger partial charge in [0.2, 0.25) is 5.89 Å². The maximum Gasteiger partial charge on any atom is 0.232 e. The lowest BCUT2D eigenvalue weighted by Gasteiger charge is -2.01. The molecule has 1 heterocycles. The van der Waals surface area contributed by atoms with E-state index in [1.165, 1.54) is 6.20 Å². The van der Waals surface area contributed by atoms with E-state index in [-0.39, 0.29) is 11.5 Å². The molecule has 2 aromatic rings. The first kappa shape index (κ1) is 10.3. The molecule has 5 heteroatoms. The summed E-state index contributed by atoms with van der Waals surface area (Å²) in [7, 11) is 0. The van der Waals surface area contributed by atoms with Gasteiger partial charge in [-0.25, -0.2) is 13.8 Å². The lowest BCUT2D eigenvalue weighted by atomic mass is 10.2. The van der Waals surface area contributed by atoms with Crippen LogP contribution in [0, 0.1) is 18.6 Å². The van der Waals surface area contributed by atoms with Crippen molar-refractivity contribution in [3.63, 3.8) is 0 Å². The minimum Gasteiger partial charge on any atom is -0.441 e. The van der Waals surface area contributed by atoms with Crippen molar-refractivity contribution >= 4 is 15.9 Å². The second kappa shape index (κ2) is 3.73. The van der Waals surface area contributed by atoms with E-state index in [1.807, 2.05) is 0 Å². The van der Waals surface area contributed by atoms with Gasteiger partial charge in [0.25, 0.3) is 0 Å². The summed E-state index contributed by atoms with van der Waals surface area (Å²) in [6.07, 6.45) is 1.41. The third-order valence-corrected chi connectivity index (χ3v) is 2.30. The second-order valence-electron chi connectivity index (χ2n) is 3.02. The lowest BCUT2D eigenvalue weighted by molar-refractivity contribution is 0.521. The van der Waals surface area contributed by atoms with Crippen LogP contribution in [0.4, 0.5) is 8.78 Å². The molecule has 0 saturated carbocycles. The predicted octanol–water partition coefficient (Wildman–Crippen LogP) is 3.69. The van der Waals surface area contributed by atoms with Gasteiger partial charge in [-0.3, -0.25) is 0 Å². The van der Waals surface area contributed by atoms with Gasteiger partial charge in [0, 0.05) is 4.47 Å². The van der Waals surface area contributed by atoms with Crippen LogP contribution in [-0.2, 0) is 0 Å². The molecule has 0 aliphatic rings. The lowest BCUT2D eigenvalue weighted by Crippen LogP contribution is -1.90. The molecule has 0 aliphatic heterocycles. The van der Waals surface area contributed by atoms with Crippen LogP contribution in [0.1, 0.15) is 5.76 Å². The van der Waals surface area contributed by atoms with Crippen LogP contribution in [0.15, 0.2) is 27.2 Å². The molecule has 0 unspecified atom stereocenters. The highest BCUT2D eigenvalue weighted by atomic mass is 79.9. The minimum atomic E-state index is -0.705. The van der Waals surface area contributed by atoms with E-state index < -0.39 is 11.6 Å². The molecule has 0 radical (unpaired) electrons. The molecule has 1 aromatic carbocycles. The summed E-state index contributed by atoms with van der Waals surface area (Å²) in [5.74, 6) is -0.950. The molecule has 0 N–H and O–H groups in total. The van der Waals surface area contributed by atoms with Gasteiger partial charge in [-0.05, 0) is 19.1 Å². The molecular weight excluding hydrogens is 268 g/mol. The molecule has 0 aliphatic carbocycles. The summed E-state index contributed by atoms with van der Waals surface area (Å²) in [5.41, 5.74) is -0.244.